The van der Waals surface area contributed by atoms with E-state index in [9.17, 15) is 19.2 Å². The Morgan fingerprint density at radius 1 is 0.940 bits per heavy atom. The Morgan fingerprint density at radius 2 is 1.60 bits per heavy atom. The number of likely N-dealkylation sites (tertiary alicyclic amines) is 1. The highest BCUT2D eigenvalue weighted by Gasteiger charge is 2.42. The average Bonchev–Trinajstić information content (AvgIpc) is 3.58. The van der Waals surface area contributed by atoms with Crippen LogP contribution in [-0.4, -0.2) is 91.6 Å². The molecule has 6 unspecified atom stereocenters. The third-order valence-electron chi connectivity index (χ3n) is 9.98. The minimum absolute atomic E-state index is 0.0332. The minimum atomic E-state index is -0.862. The molecule has 276 valence electrons. The zero-order chi connectivity index (χ0) is 37.0. The van der Waals surface area contributed by atoms with Gasteiger partial charge in [-0.05, 0) is 54.5 Å². The van der Waals surface area contributed by atoms with Crippen molar-refractivity contribution in [2.45, 2.75) is 103 Å². The van der Waals surface area contributed by atoms with Crippen LogP contribution in [0.3, 0.4) is 0 Å². The van der Waals surface area contributed by atoms with Crippen LogP contribution in [0.15, 0.2) is 54.6 Å². The van der Waals surface area contributed by atoms with Gasteiger partial charge in [0, 0.05) is 52.0 Å². The first-order valence-electron chi connectivity index (χ1n) is 17.9. The topological polar surface area (TPSA) is 143 Å². The number of nitrogens with two attached hydrogens (primary N) is 1. The van der Waals surface area contributed by atoms with Crippen molar-refractivity contribution < 1.29 is 28.7 Å². The van der Waals surface area contributed by atoms with E-state index in [1.807, 2.05) is 49.1 Å². The fraction of sp³-hybridized carbons (Fsp3) is 0.590. The number of anilines is 2. The van der Waals surface area contributed by atoms with Gasteiger partial charge in [0.25, 0.3) is 0 Å². The van der Waals surface area contributed by atoms with Crippen molar-refractivity contribution >= 4 is 35.0 Å². The van der Waals surface area contributed by atoms with E-state index in [0.29, 0.717) is 30.8 Å². The number of likely N-dealkylation sites (N-methyl/N-ethyl adjacent to an activating group) is 1. The van der Waals surface area contributed by atoms with Crippen molar-refractivity contribution in [2.24, 2.45) is 17.8 Å². The molecule has 0 aromatic heterocycles. The molecule has 4 N–H and O–H groups in total. The molecule has 11 nitrogen and oxygen atoms in total. The Labute approximate surface area is 298 Å². The van der Waals surface area contributed by atoms with Gasteiger partial charge in [-0.25, -0.2) is 0 Å². The second-order valence-electron chi connectivity index (χ2n) is 14.1. The predicted molar refractivity (Wildman–Crippen MR) is 197 cm³/mol. The number of nitrogens with one attached hydrogen (secondary N) is 2. The number of nitrogens with zero attached hydrogens (tertiary/aromatic N) is 2. The standard InChI is InChI=1S/C39H59N5O6/c1-9-26(4)36(43(6)34(45)22-25(2)3)33(49-7)24-35(46)44-21-13-16-32(44)37(50-8)27(5)38(47)42-31(23-28-14-11-10-12-15-28)39(48)41-30-19-17-29(40)18-20-30/h10-12,14-15,17-20,25-27,31-33,36-37H,9,13,16,21-24,40H2,1-8H3,(H,41,48)(H,42,47)/t26?,27?,31-,32?,33?,36?,37?/m0/s1. The second kappa shape index (κ2) is 19.4. The average molecular weight is 694 g/mol. The summed E-state index contributed by atoms with van der Waals surface area (Å²) in [6.07, 6.45) is 1.97. The molecular weight excluding hydrogens is 634 g/mol. The summed E-state index contributed by atoms with van der Waals surface area (Å²) in [7, 11) is 4.95. The number of carbonyl (C=O) groups excluding carboxylic acids is 4. The van der Waals surface area contributed by atoms with E-state index >= 15 is 0 Å². The van der Waals surface area contributed by atoms with E-state index in [2.05, 4.69) is 24.5 Å². The first-order valence-corrected chi connectivity index (χ1v) is 17.9. The number of ether oxygens (including phenoxy) is 2. The van der Waals surface area contributed by atoms with Gasteiger partial charge >= 0.3 is 0 Å². The van der Waals surface area contributed by atoms with Gasteiger partial charge in [-0.1, -0.05) is 71.4 Å². The molecule has 0 bridgehead atoms. The van der Waals surface area contributed by atoms with Crippen molar-refractivity contribution in [1.29, 1.82) is 0 Å². The normalized spacial score (nSPS) is 18.1. The van der Waals surface area contributed by atoms with Gasteiger partial charge in [0.05, 0.1) is 36.6 Å². The summed E-state index contributed by atoms with van der Waals surface area (Å²) in [6, 6.07) is 14.9. The number of nitrogen functional groups attached to an aromatic ring is 1. The van der Waals surface area contributed by atoms with Crippen molar-refractivity contribution in [1.82, 2.24) is 15.1 Å². The van der Waals surface area contributed by atoms with Gasteiger partial charge in [-0.2, -0.15) is 0 Å². The van der Waals surface area contributed by atoms with Crippen molar-refractivity contribution in [2.75, 3.05) is 38.9 Å². The Kier molecular flexibility index (Phi) is 15.7. The number of carbonyl (C=O) groups is 4. The molecule has 0 saturated carbocycles. The van der Waals surface area contributed by atoms with E-state index in [4.69, 9.17) is 15.2 Å². The van der Waals surface area contributed by atoms with Crippen LogP contribution < -0.4 is 16.4 Å². The van der Waals surface area contributed by atoms with E-state index in [0.717, 1.165) is 18.4 Å². The van der Waals surface area contributed by atoms with Crippen LogP contribution in [-0.2, 0) is 35.1 Å². The molecule has 11 heteroatoms. The molecule has 0 spiro atoms. The molecule has 50 heavy (non-hydrogen) atoms. The monoisotopic (exact) mass is 693 g/mol. The molecule has 2 aromatic carbocycles. The number of methoxy groups -OCH3 is 2. The zero-order valence-electron chi connectivity index (χ0n) is 31.2. The number of hydrogen-bond donors (Lipinski definition) is 3. The zero-order valence-corrected chi connectivity index (χ0v) is 31.2. The van der Waals surface area contributed by atoms with Gasteiger partial charge in [-0.15, -0.1) is 0 Å². The van der Waals surface area contributed by atoms with E-state index in [-0.39, 0.29) is 60.4 Å². The molecular formula is C39H59N5O6. The van der Waals surface area contributed by atoms with Gasteiger partial charge < -0.3 is 35.6 Å². The summed E-state index contributed by atoms with van der Waals surface area (Å²) >= 11 is 0. The predicted octanol–water partition coefficient (Wildman–Crippen LogP) is 4.90. The van der Waals surface area contributed by atoms with Crippen LogP contribution in [0.1, 0.15) is 72.3 Å². The fourth-order valence-corrected chi connectivity index (χ4v) is 6.98. The molecule has 7 atom stereocenters. The fourth-order valence-electron chi connectivity index (χ4n) is 6.98. The van der Waals surface area contributed by atoms with Gasteiger partial charge in [0.2, 0.25) is 23.6 Å². The third-order valence-corrected chi connectivity index (χ3v) is 9.98. The quantitative estimate of drug-likeness (QED) is 0.189. The van der Waals surface area contributed by atoms with Crippen molar-refractivity contribution in [3.63, 3.8) is 0 Å². The lowest BCUT2D eigenvalue weighted by atomic mass is 9.90. The van der Waals surface area contributed by atoms with Crippen LogP contribution in [0, 0.1) is 17.8 Å². The van der Waals surface area contributed by atoms with Crippen LogP contribution in [0.5, 0.6) is 0 Å². The number of rotatable bonds is 18. The summed E-state index contributed by atoms with van der Waals surface area (Å²) in [5.74, 6) is -1.12. The number of hydrogen-bond acceptors (Lipinski definition) is 7. The molecule has 1 saturated heterocycles. The van der Waals surface area contributed by atoms with Crippen molar-refractivity contribution in [3.8, 4) is 0 Å². The summed E-state index contributed by atoms with van der Waals surface area (Å²) in [6.45, 7) is 10.5. The molecule has 1 aliphatic rings. The number of benzene rings is 2. The summed E-state index contributed by atoms with van der Waals surface area (Å²) in [5, 5.41) is 5.87. The smallest absolute Gasteiger partial charge is 0.247 e. The van der Waals surface area contributed by atoms with Crippen LogP contribution in [0.4, 0.5) is 11.4 Å². The molecule has 3 rings (SSSR count). The maximum absolute atomic E-state index is 14.0. The largest absolute Gasteiger partial charge is 0.399 e. The van der Waals surface area contributed by atoms with E-state index in [1.165, 1.54) is 0 Å². The lowest BCUT2D eigenvalue weighted by Gasteiger charge is -2.39. The molecule has 0 radical (unpaired) electrons. The van der Waals surface area contributed by atoms with E-state index in [1.54, 1.807) is 57.4 Å². The lowest BCUT2D eigenvalue weighted by Crippen LogP contribution is -2.54. The van der Waals surface area contributed by atoms with Crippen LogP contribution in [0.25, 0.3) is 0 Å². The molecule has 1 heterocycles. The van der Waals surface area contributed by atoms with Gasteiger partial charge in [0.1, 0.15) is 6.04 Å². The SMILES string of the molecule is CCC(C)C(C(CC(=O)N1CCCC1C(OC)C(C)C(=O)N[C@@H](Cc1ccccc1)C(=O)Nc1ccc(N)cc1)OC)N(C)C(=O)CC(C)C. The first kappa shape index (κ1) is 40.5. The number of amides is 4. The Bertz CT molecular complexity index is 1390. The maximum atomic E-state index is 14.0. The third kappa shape index (κ3) is 11.0. The Morgan fingerprint density at radius 3 is 2.18 bits per heavy atom. The van der Waals surface area contributed by atoms with Gasteiger partial charge in [0.15, 0.2) is 0 Å². The molecule has 4 amide bonds. The highest BCUT2D eigenvalue weighted by molar-refractivity contribution is 5.97. The summed E-state index contributed by atoms with van der Waals surface area (Å²) in [4.78, 5) is 58.1. The molecule has 1 fully saturated rings. The van der Waals surface area contributed by atoms with Crippen LogP contribution in [0.2, 0.25) is 0 Å². The second-order valence-corrected chi connectivity index (χ2v) is 14.1. The van der Waals surface area contributed by atoms with Gasteiger partial charge in [-0.3, -0.25) is 19.2 Å². The molecule has 0 aliphatic carbocycles. The summed E-state index contributed by atoms with van der Waals surface area (Å²) < 4.78 is 11.9. The molecule has 1 aliphatic heterocycles. The van der Waals surface area contributed by atoms with Crippen LogP contribution >= 0.6 is 0 Å². The Hall–Kier alpha value is -3.96. The highest BCUT2D eigenvalue weighted by Crippen LogP contribution is 2.29. The molecule has 2 aromatic rings. The van der Waals surface area contributed by atoms with E-state index < -0.39 is 24.2 Å². The summed E-state index contributed by atoms with van der Waals surface area (Å²) in [5.41, 5.74) is 7.86. The first-order chi connectivity index (χ1) is 23.8. The highest BCUT2D eigenvalue weighted by atomic mass is 16.5. The minimum Gasteiger partial charge on any atom is -0.399 e. The van der Waals surface area contributed by atoms with Crippen molar-refractivity contribution in [3.05, 3.63) is 60.2 Å². The Balaban J connectivity index is 1.77. The lowest BCUT2D eigenvalue weighted by molar-refractivity contribution is -0.146. The maximum Gasteiger partial charge on any atom is 0.247 e.